The van der Waals surface area contributed by atoms with Gasteiger partial charge in [-0.2, -0.15) is 0 Å². The first kappa shape index (κ1) is 11.1. The van der Waals surface area contributed by atoms with Gasteiger partial charge in [0, 0.05) is 0 Å². The second kappa shape index (κ2) is 5.74. The van der Waals surface area contributed by atoms with Crippen LogP contribution in [0.15, 0.2) is 0 Å². The van der Waals surface area contributed by atoms with Crippen molar-refractivity contribution >= 4 is 29.8 Å². The molecule has 0 aromatic carbocycles. The van der Waals surface area contributed by atoms with Crippen molar-refractivity contribution in [3.8, 4) is 0 Å². The Hall–Kier alpha value is 0.130. The first-order chi connectivity index (χ1) is 5.02. The monoisotopic (exact) mass is 195 g/mol. The van der Waals surface area contributed by atoms with E-state index in [1.165, 1.54) is 0 Å². The number of carbonyl (C=O) groups is 1. The molecule has 0 fully saturated rings. The predicted octanol–water partition coefficient (Wildman–Crippen LogP) is 1.64. The van der Waals surface area contributed by atoms with E-state index in [-0.39, 0.29) is 0 Å². The summed E-state index contributed by atoms with van der Waals surface area (Å²) in [6.45, 7) is 4.01. The first-order valence-electron chi connectivity index (χ1n) is 3.35. The van der Waals surface area contributed by atoms with E-state index >= 15 is 0 Å². The Labute approximate surface area is 76.5 Å². The molecule has 1 atom stereocenters. The van der Waals surface area contributed by atoms with Gasteiger partial charge in [-0.05, 0) is 24.3 Å². The molecule has 0 saturated carbocycles. The van der Waals surface area contributed by atoms with Crippen LogP contribution in [0.4, 0.5) is 4.79 Å². The summed E-state index contributed by atoms with van der Waals surface area (Å²) in [5, 5.41) is 8.75. The van der Waals surface area contributed by atoms with Crippen LogP contribution >= 0.6 is 24.6 Å². The van der Waals surface area contributed by atoms with E-state index in [0.29, 0.717) is 12.3 Å². The smallest absolute Gasteiger partial charge is 0.285 e. The third-order valence-corrected chi connectivity index (χ3v) is 1.99. The van der Waals surface area contributed by atoms with Gasteiger partial charge in [-0.3, -0.25) is 9.52 Å². The normalized spacial score (nSPS) is 13.2. The lowest BCUT2D eigenvalue weighted by Gasteiger charge is -2.11. The third-order valence-electron chi connectivity index (χ3n) is 0.955. The Morgan fingerprint density at radius 2 is 2.27 bits per heavy atom. The van der Waals surface area contributed by atoms with E-state index in [4.69, 9.17) is 0 Å². The predicted molar refractivity (Wildman–Crippen MR) is 50.6 cm³/mol. The van der Waals surface area contributed by atoms with Gasteiger partial charge in [0.1, 0.15) is 5.44 Å². The van der Waals surface area contributed by atoms with E-state index in [0.717, 1.165) is 11.9 Å². The van der Waals surface area contributed by atoms with Gasteiger partial charge in [0.05, 0.1) is 0 Å². The fourth-order valence-corrected chi connectivity index (χ4v) is 1.45. The van der Waals surface area contributed by atoms with E-state index < -0.39 is 10.7 Å². The SMILES string of the molecule is CC(C)CC(O)SNC(=O)S. The van der Waals surface area contributed by atoms with Crippen LogP contribution in [0.3, 0.4) is 0 Å². The highest BCUT2D eigenvalue weighted by Gasteiger charge is 2.07. The molecule has 0 heterocycles. The zero-order chi connectivity index (χ0) is 8.85. The van der Waals surface area contributed by atoms with E-state index in [1.54, 1.807) is 0 Å². The summed E-state index contributed by atoms with van der Waals surface area (Å²) in [5.74, 6) is 0.425. The highest BCUT2D eigenvalue weighted by Crippen LogP contribution is 2.13. The Bertz CT molecular complexity index is 130. The Balaban J connectivity index is 3.37. The van der Waals surface area contributed by atoms with Crippen molar-refractivity contribution in [2.75, 3.05) is 0 Å². The number of hydrogen-bond donors (Lipinski definition) is 3. The van der Waals surface area contributed by atoms with Crippen molar-refractivity contribution in [1.82, 2.24) is 4.72 Å². The highest BCUT2D eigenvalue weighted by atomic mass is 32.2. The van der Waals surface area contributed by atoms with E-state index in [9.17, 15) is 9.90 Å². The van der Waals surface area contributed by atoms with Gasteiger partial charge < -0.3 is 5.11 Å². The minimum atomic E-state index is -0.536. The Morgan fingerprint density at radius 1 is 1.73 bits per heavy atom. The molecule has 0 saturated heterocycles. The zero-order valence-corrected chi connectivity index (χ0v) is 8.28. The fourth-order valence-electron chi connectivity index (χ4n) is 0.570. The summed E-state index contributed by atoms with van der Waals surface area (Å²) < 4.78 is 2.34. The highest BCUT2D eigenvalue weighted by molar-refractivity contribution is 8.03. The van der Waals surface area contributed by atoms with Gasteiger partial charge >= 0.3 is 0 Å². The molecule has 0 aliphatic heterocycles. The molecule has 0 aliphatic rings. The number of thiol groups is 1. The quantitative estimate of drug-likeness (QED) is 0.363. The van der Waals surface area contributed by atoms with Crippen LogP contribution < -0.4 is 4.72 Å². The molecule has 0 aliphatic carbocycles. The fraction of sp³-hybridized carbons (Fsp3) is 0.833. The standard InChI is InChI=1S/C6H13NO2S2/c1-4(2)3-5(8)11-7-6(9)10/h4-5,8H,3H2,1-2H3,(H2,7,9,10). The van der Waals surface area contributed by atoms with Gasteiger partial charge in [0.25, 0.3) is 5.24 Å². The van der Waals surface area contributed by atoms with Crippen LogP contribution in [0.25, 0.3) is 0 Å². The molecule has 11 heavy (non-hydrogen) atoms. The number of aliphatic hydroxyl groups excluding tert-OH is 1. The average molecular weight is 195 g/mol. The summed E-state index contributed by atoms with van der Waals surface area (Å²) in [5.41, 5.74) is -0.536. The van der Waals surface area contributed by atoms with Gasteiger partial charge in [0.2, 0.25) is 0 Å². The van der Waals surface area contributed by atoms with Crippen LogP contribution in [0.5, 0.6) is 0 Å². The lowest BCUT2D eigenvalue weighted by atomic mass is 10.1. The third kappa shape index (κ3) is 8.03. The van der Waals surface area contributed by atoms with E-state index in [1.807, 2.05) is 13.8 Å². The van der Waals surface area contributed by atoms with Crippen molar-refractivity contribution in [3.05, 3.63) is 0 Å². The lowest BCUT2D eigenvalue weighted by molar-refractivity contribution is 0.232. The maximum atomic E-state index is 10.3. The molecule has 3 nitrogen and oxygen atoms in total. The van der Waals surface area contributed by atoms with Crippen molar-refractivity contribution in [3.63, 3.8) is 0 Å². The van der Waals surface area contributed by atoms with Gasteiger partial charge in [0.15, 0.2) is 0 Å². The molecular weight excluding hydrogens is 182 g/mol. The van der Waals surface area contributed by atoms with Gasteiger partial charge in [-0.1, -0.05) is 26.5 Å². The average Bonchev–Trinajstić information content (AvgIpc) is 1.82. The van der Waals surface area contributed by atoms with Crippen LogP contribution in [0.2, 0.25) is 0 Å². The second-order valence-electron chi connectivity index (χ2n) is 2.61. The Kier molecular flexibility index (Phi) is 5.81. The number of carbonyl (C=O) groups excluding carboxylic acids is 1. The van der Waals surface area contributed by atoms with Crippen LogP contribution in [0.1, 0.15) is 20.3 Å². The lowest BCUT2D eigenvalue weighted by Crippen LogP contribution is -2.15. The molecular formula is C6H13NO2S2. The summed E-state index contributed by atoms with van der Waals surface area (Å²) >= 11 is 4.47. The molecule has 0 bridgehead atoms. The van der Waals surface area contributed by atoms with Gasteiger partial charge in [-0.25, -0.2) is 0 Å². The van der Waals surface area contributed by atoms with Crippen LogP contribution in [0, 0.1) is 5.92 Å². The van der Waals surface area contributed by atoms with Crippen LogP contribution in [-0.2, 0) is 0 Å². The minimum absolute atomic E-state index is 0.425. The Morgan fingerprint density at radius 3 is 2.64 bits per heavy atom. The number of hydrogen-bond acceptors (Lipinski definition) is 3. The molecule has 5 heteroatoms. The van der Waals surface area contributed by atoms with Crippen molar-refractivity contribution < 1.29 is 9.90 Å². The number of aliphatic hydroxyl groups is 1. The second-order valence-corrected chi connectivity index (χ2v) is 4.00. The first-order valence-corrected chi connectivity index (χ1v) is 4.67. The molecule has 0 aromatic rings. The molecule has 0 spiro atoms. The number of rotatable bonds is 4. The van der Waals surface area contributed by atoms with Gasteiger partial charge in [-0.15, -0.1) is 0 Å². The number of amides is 1. The molecule has 0 rings (SSSR count). The molecule has 1 unspecified atom stereocenters. The maximum absolute atomic E-state index is 10.3. The molecule has 2 N–H and O–H groups in total. The molecule has 0 radical (unpaired) electrons. The minimum Gasteiger partial charge on any atom is -0.381 e. The molecule has 0 aromatic heterocycles. The summed E-state index contributed by atoms with van der Waals surface area (Å²) in [6, 6.07) is 0. The molecule has 1 amide bonds. The molecule has 66 valence electrons. The van der Waals surface area contributed by atoms with Crippen molar-refractivity contribution in [2.45, 2.75) is 25.7 Å². The number of nitrogens with one attached hydrogen (secondary N) is 1. The largest absolute Gasteiger partial charge is 0.381 e. The van der Waals surface area contributed by atoms with Crippen LogP contribution in [-0.4, -0.2) is 15.8 Å². The van der Waals surface area contributed by atoms with Crippen molar-refractivity contribution in [2.24, 2.45) is 5.92 Å². The summed E-state index contributed by atoms with van der Waals surface area (Å²) in [4.78, 5) is 10.3. The van der Waals surface area contributed by atoms with E-state index in [2.05, 4.69) is 17.4 Å². The topological polar surface area (TPSA) is 49.3 Å². The maximum Gasteiger partial charge on any atom is 0.285 e. The zero-order valence-electron chi connectivity index (χ0n) is 6.57. The van der Waals surface area contributed by atoms with Crippen molar-refractivity contribution in [1.29, 1.82) is 0 Å². The summed E-state index contributed by atoms with van der Waals surface area (Å²) in [6.07, 6.45) is 0.665. The summed E-state index contributed by atoms with van der Waals surface area (Å²) in [7, 11) is 0.